The number of aliphatic carboxylic acids is 1. The van der Waals surface area contributed by atoms with Crippen LogP contribution in [0, 0.1) is 0 Å². The number of β-lactam (4-membered cyclic amide) rings is 1. The predicted octanol–water partition coefficient (Wildman–Crippen LogP) is -1.77. The number of furan rings is 1. The van der Waals surface area contributed by atoms with Gasteiger partial charge in [0.15, 0.2) is 15.2 Å². The van der Waals surface area contributed by atoms with E-state index < -0.39 is 57.1 Å². The molecule has 0 spiro atoms. The molecule has 2 aliphatic rings. The number of aliphatic hydroxyl groups excluding tert-OH is 1. The zero-order valence-corrected chi connectivity index (χ0v) is 13.5. The lowest BCUT2D eigenvalue weighted by Crippen LogP contribution is -2.75. The van der Waals surface area contributed by atoms with Gasteiger partial charge in [0.05, 0.1) is 25.0 Å². The molecule has 3 N–H and O–H groups in total. The number of carboxylic acid groups (broad SMARTS) is 1. The summed E-state index contributed by atoms with van der Waals surface area (Å²) in [5.41, 5.74) is -0.818. The van der Waals surface area contributed by atoms with E-state index >= 15 is 0 Å². The minimum absolute atomic E-state index is 0.187. The van der Waals surface area contributed by atoms with Gasteiger partial charge in [0, 0.05) is 5.57 Å². The molecule has 3 rings (SSSR count). The number of nitrogens with one attached hydrogen (secondary N) is 1. The van der Waals surface area contributed by atoms with E-state index in [0.717, 1.165) is 0 Å². The largest absolute Gasteiger partial charge is 0.477 e. The monoisotopic (exact) mass is 370 g/mol. The summed E-state index contributed by atoms with van der Waals surface area (Å²) in [6.07, 6.45) is 1.18. The Labute approximate surface area is 141 Å². The topological polar surface area (TPSA) is 154 Å². The Balaban J connectivity index is 1.84. The van der Waals surface area contributed by atoms with Crippen LogP contribution in [-0.4, -0.2) is 65.1 Å². The van der Waals surface area contributed by atoms with Crippen molar-refractivity contribution in [1.29, 1.82) is 0 Å². The number of hydrogen-bond acceptors (Lipinski definition) is 7. The second-order valence-electron chi connectivity index (χ2n) is 5.62. The predicted molar refractivity (Wildman–Crippen MR) is 80.5 cm³/mol. The Kier molecular flexibility index (Phi) is 4.13. The second-order valence-corrected chi connectivity index (χ2v) is 7.72. The molecule has 134 valence electrons. The molecular weight excluding hydrogens is 356 g/mol. The fraction of sp³-hybridized carbons (Fsp3) is 0.357. The highest BCUT2D eigenvalue weighted by atomic mass is 32.2. The van der Waals surface area contributed by atoms with Crippen molar-refractivity contribution < 1.29 is 37.4 Å². The molecule has 11 heteroatoms. The molecule has 1 saturated heterocycles. The molecule has 25 heavy (non-hydrogen) atoms. The minimum Gasteiger partial charge on any atom is -0.477 e. The lowest BCUT2D eigenvalue weighted by atomic mass is 10.0. The maximum atomic E-state index is 12.3. The molecule has 10 nitrogen and oxygen atoms in total. The Bertz CT molecular complexity index is 871. The Morgan fingerprint density at radius 1 is 1.40 bits per heavy atom. The fourth-order valence-electron chi connectivity index (χ4n) is 2.94. The van der Waals surface area contributed by atoms with Crippen molar-refractivity contribution in [3.05, 3.63) is 35.4 Å². The number of fused-ring (bicyclic) bond motifs is 1. The van der Waals surface area contributed by atoms with Crippen molar-refractivity contribution in [2.45, 2.75) is 17.8 Å². The van der Waals surface area contributed by atoms with Crippen LogP contribution in [0.4, 0.5) is 0 Å². The van der Waals surface area contributed by atoms with Crippen LogP contribution < -0.4 is 5.32 Å². The summed E-state index contributed by atoms with van der Waals surface area (Å²) in [7, 11) is -3.96. The molecule has 2 aliphatic heterocycles. The second kappa shape index (κ2) is 6.01. The van der Waals surface area contributed by atoms with Gasteiger partial charge in [0.25, 0.3) is 5.91 Å². The average Bonchev–Trinajstić information content (AvgIpc) is 3.03. The number of aliphatic hydroxyl groups is 1. The molecule has 0 radical (unpaired) electrons. The van der Waals surface area contributed by atoms with Gasteiger partial charge in [-0.1, -0.05) is 0 Å². The Morgan fingerprint density at radius 3 is 2.68 bits per heavy atom. The first-order valence-electron chi connectivity index (χ1n) is 7.19. The third kappa shape index (κ3) is 2.81. The lowest BCUT2D eigenvalue weighted by molar-refractivity contribution is -0.151. The molecule has 0 bridgehead atoms. The van der Waals surface area contributed by atoms with E-state index in [0.29, 0.717) is 10.7 Å². The first-order chi connectivity index (χ1) is 11.8. The molecule has 1 aromatic rings. The van der Waals surface area contributed by atoms with Gasteiger partial charge < -0.3 is 19.9 Å². The number of carboxylic acids is 1. The highest BCUT2D eigenvalue weighted by molar-refractivity contribution is 7.92. The van der Waals surface area contributed by atoms with E-state index in [9.17, 15) is 33.0 Å². The summed E-state index contributed by atoms with van der Waals surface area (Å²) < 4.78 is 29.7. The van der Waals surface area contributed by atoms with Crippen molar-refractivity contribution in [1.82, 2.24) is 10.2 Å². The van der Waals surface area contributed by atoms with Gasteiger partial charge in [-0.15, -0.1) is 0 Å². The van der Waals surface area contributed by atoms with E-state index in [2.05, 4.69) is 5.32 Å². The van der Waals surface area contributed by atoms with Gasteiger partial charge in [0.1, 0.15) is 17.5 Å². The Hall–Kier alpha value is -2.66. The van der Waals surface area contributed by atoms with E-state index in [4.69, 9.17) is 4.42 Å². The fourth-order valence-corrected chi connectivity index (χ4v) is 4.95. The van der Waals surface area contributed by atoms with Gasteiger partial charge >= 0.3 is 5.97 Å². The van der Waals surface area contributed by atoms with Crippen LogP contribution in [0.25, 0.3) is 0 Å². The van der Waals surface area contributed by atoms with Crippen LogP contribution in [0.15, 0.2) is 34.1 Å². The number of hydrogen-bond donors (Lipinski definition) is 3. The van der Waals surface area contributed by atoms with Gasteiger partial charge in [0.2, 0.25) is 5.91 Å². The number of carbonyl (C=O) groups is 3. The van der Waals surface area contributed by atoms with Crippen LogP contribution in [-0.2, 0) is 30.6 Å². The summed E-state index contributed by atoms with van der Waals surface area (Å²) in [4.78, 5) is 36.2. The zero-order valence-electron chi connectivity index (χ0n) is 12.7. The van der Waals surface area contributed by atoms with Crippen LogP contribution >= 0.6 is 0 Å². The zero-order chi connectivity index (χ0) is 18.4. The lowest BCUT2D eigenvalue weighted by Gasteiger charge is -2.48. The van der Waals surface area contributed by atoms with E-state index in [1.165, 1.54) is 6.26 Å². The standard InChI is InChI=1S/C14H14N2O8S/c17-5-7-6-25(22,23)13-10(12(19)16(13)11(7)14(20)21)15-9(18)4-8-2-1-3-24-8/h1-3,10,13,17H,4-6H2,(H,15,18)(H,20,21)/t10-,13-/m0/s1. The first kappa shape index (κ1) is 17.2. The summed E-state index contributed by atoms with van der Waals surface area (Å²) in [5.74, 6) is -3.36. The molecule has 3 heterocycles. The number of nitrogens with zero attached hydrogens (tertiary/aromatic N) is 1. The molecule has 2 amide bonds. The molecule has 1 fully saturated rings. The van der Waals surface area contributed by atoms with Crippen molar-refractivity contribution in [2.75, 3.05) is 12.4 Å². The summed E-state index contributed by atoms with van der Waals surface area (Å²) in [6, 6.07) is 1.75. The number of sulfone groups is 1. The van der Waals surface area contributed by atoms with Gasteiger partial charge in [-0.2, -0.15) is 0 Å². The van der Waals surface area contributed by atoms with Crippen LogP contribution in [0.5, 0.6) is 0 Å². The highest BCUT2D eigenvalue weighted by Gasteiger charge is 2.60. The maximum Gasteiger partial charge on any atom is 0.352 e. The summed E-state index contributed by atoms with van der Waals surface area (Å²) in [6.45, 7) is -0.799. The van der Waals surface area contributed by atoms with Crippen LogP contribution in [0.3, 0.4) is 0 Å². The van der Waals surface area contributed by atoms with Gasteiger partial charge in [-0.25, -0.2) is 13.2 Å². The van der Waals surface area contributed by atoms with Gasteiger partial charge in [-0.3, -0.25) is 14.5 Å². The first-order valence-corrected chi connectivity index (χ1v) is 8.90. The number of carbonyl (C=O) groups excluding carboxylic acids is 2. The van der Waals surface area contributed by atoms with Crippen LogP contribution in [0.1, 0.15) is 5.76 Å². The SMILES string of the molecule is O=C(Cc1ccco1)N[C@H]1C(=O)N2C(C(=O)O)=C(CO)CS(=O)(=O)[C@@H]12. The summed E-state index contributed by atoms with van der Waals surface area (Å²) >= 11 is 0. The number of rotatable bonds is 5. The smallest absolute Gasteiger partial charge is 0.352 e. The van der Waals surface area contributed by atoms with Crippen molar-refractivity contribution >= 4 is 27.6 Å². The number of amides is 2. The van der Waals surface area contributed by atoms with Gasteiger partial charge in [-0.05, 0) is 12.1 Å². The van der Waals surface area contributed by atoms with Crippen molar-refractivity contribution in [3.63, 3.8) is 0 Å². The molecule has 1 aromatic heterocycles. The van der Waals surface area contributed by atoms with E-state index in [1.54, 1.807) is 12.1 Å². The van der Waals surface area contributed by atoms with Crippen molar-refractivity contribution in [2.24, 2.45) is 0 Å². The van der Waals surface area contributed by atoms with E-state index in [1.807, 2.05) is 0 Å². The molecule has 0 unspecified atom stereocenters. The maximum absolute atomic E-state index is 12.3. The molecule has 0 aromatic carbocycles. The molecule has 2 atom stereocenters. The van der Waals surface area contributed by atoms with Crippen molar-refractivity contribution in [3.8, 4) is 0 Å². The molecule has 0 aliphatic carbocycles. The minimum atomic E-state index is -3.96. The normalized spacial score (nSPS) is 24.5. The van der Waals surface area contributed by atoms with Crippen LogP contribution in [0.2, 0.25) is 0 Å². The molecule has 0 saturated carbocycles. The molecular formula is C14H14N2O8S. The van der Waals surface area contributed by atoms with E-state index in [-0.39, 0.29) is 12.0 Å². The third-order valence-corrected chi connectivity index (χ3v) is 5.96. The highest BCUT2D eigenvalue weighted by Crippen LogP contribution is 2.36. The Morgan fingerprint density at radius 2 is 2.12 bits per heavy atom. The average molecular weight is 370 g/mol. The quantitative estimate of drug-likeness (QED) is 0.515. The third-order valence-electron chi connectivity index (χ3n) is 3.99. The summed E-state index contributed by atoms with van der Waals surface area (Å²) in [5, 5.41) is 19.2.